The van der Waals surface area contributed by atoms with Gasteiger partial charge in [-0.2, -0.15) is 0 Å². The number of piperazine rings is 1. The SMILES string of the molecule is NC(=O)C[C@H](NC(=O)CCc1ccc(O)cc1O)C(=O)N1CCN(C2CCCCC2)CC1. The number of carbonyl (C=O) groups excluding carboxylic acids is 3. The lowest BCUT2D eigenvalue weighted by atomic mass is 9.94. The number of hydrogen-bond donors (Lipinski definition) is 4. The zero-order valence-electron chi connectivity index (χ0n) is 18.5. The van der Waals surface area contributed by atoms with Gasteiger partial charge in [0.2, 0.25) is 17.7 Å². The molecule has 2 fully saturated rings. The van der Waals surface area contributed by atoms with Gasteiger partial charge in [0.15, 0.2) is 0 Å². The monoisotopic (exact) mass is 446 g/mol. The Morgan fingerprint density at radius 3 is 2.38 bits per heavy atom. The molecule has 176 valence electrons. The summed E-state index contributed by atoms with van der Waals surface area (Å²) in [7, 11) is 0. The fourth-order valence-corrected chi connectivity index (χ4v) is 4.65. The van der Waals surface area contributed by atoms with E-state index in [4.69, 9.17) is 5.73 Å². The van der Waals surface area contributed by atoms with E-state index in [0.29, 0.717) is 24.7 Å². The number of aryl methyl sites for hydroxylation is 1. The molecule has 1 aromatic rings. The predicted octanol–water partition coefficient (Wildman–Crippen LogP) is 0.868. The summed E-state index contributed by atoms with van der Waals surface area (Å²) in [5, 5.41) is 21.9. The number of primary amides is 1. The Kier molecular flexibility index (Phi) is 8.33. The maximum absolute atomic E-state index is 13.0. The van der Waals surface area contributed by atoms with Gasteiger partial charge in [-0.25, -0.2) is 0 Å². The molecule has 5 N–H and O–H groups in total. The largest absolute Gasteiger partial charge is 0.508 e. The normalized spacial score (nSPS) is 18.8. The van der Waals surface area contributed by atoms with Gasteiger partial charge in [0.25, 0.3) is 0 Å². The molecule has 1 atom stereocenters. The molecule has 0 unspecified atom stereocenters. The van der Waals surface area contributed by atoms with E-state index in [1.807, 2.05) is 0 Å². The third kappa shape index (κ3) is 6.59. The molecule has 1 aliphatic heterocycles. The first-order valence-corrected chi connectivity index (χ1v) is 11.4. The zero-order valence-corrected chi connectivity index (χ0v) is 18.5. The van der Waals surface area contributed by atoms with E-state index in [-0.39, 0.29) is 36.7 Å². The molecule has 3 amide bonds. The Balaban J connectivity index is 1.52. The van der Waals surface area contributed by atoms with Crippen LogP contribution < -0.4 is 11.1 Å². The molecule has 3 rings (SSSR count). The minimum absolute atomic E-state index is 0.0241. The molecule has 2 aliphatic rings. The number of phenolic OH excluding ortho intramolecular Hbond substituents is 2. The van der Waals surface area contributed by atoms with E-state index < -0.39 is 17.9 Å². The summed E-state index contributed by atoms with van der Waals surface area (Å²) in [6.07, 6.45) is 6.26. The summed E-state index contributed by atoms with van der Waals surface area (Å²) >= 11 is 0. The first kappa shape index (κ1) is 23.8. The zero-order chi connectivity index (χ0) is 23.1. The van der Waals surface area contributed by atoms with Gasteiger partial charge in [-0.1, -0.05) is 25.3 Å². The van der Waals surface area contributed by atoms with Crippen molar-refractivity contribution in [1.82, 2.24) is 15.1 Å². The van der Waals surface area contributed by atoms with E-state index in [1.54, 1.807) is 4.90 Å². The Hall–Kier alpha value is -2.81. The lowest BCUT2D eigenvalue weighted by Crippen LogP contribution is -2.57. The summed E-state index contributed by atoms with van der Waals surface area (Å²) in [6.45, 7) is 2.74. The summed E-state index contributed by atoms with van der Waals surface area (Å²) in [6, 6.07) is 3.78. The van der Waals surface area contributed by atoms with E-state index in [0.717, 1.165) is 13.1 Å². The molecule has 0 aromatic heterocycles. The average Bonchev–Trinajstić information content (AvgIpc) is 2.78. The highest BCUT2D eigenvalue weighted by Crippen LogP contribution is 2.24. The van der Waals surface area contributed by atoms with E-state index >= 15 is 0 Å². The summed E-state index contributed by atoms with van der Waals surface area (Å²) < 4.78 is 0. The topological polar surface area (TPSA) is 136 Å². The predicted molar refractivity (Wildman–Crippen MR) is 119 cm³/mol. The summed E-state index contributed by atoms with van der Waals surface area (Å²) in [5.74, 6) is -1.50. The number of benzene rings is 1. The maximum Gasteiger partial charge on any atom is 0.245 e. The number of nitrogens with two attached hydrogens (primary N) is 1. The second-order valence-corrected chi connectivity index (χ2v) is 8.76. The molecule has 0 bridgehead atoms. The second-order valence-electron chi connectivity index (χ2n) is 8.76. The second kappa shape index (κ2) is 11.2. The first-order valence-electron chi connectivity index (χ1n) is 11.4. The van der Waals surface area contributed by atoms with Gasteiger partial charge < -0.3 is 26.2 Å². The fraction of sp³-hybridized carbons (Fsp3) is 0.609. The highest BCUT2D eigenvalue weighted by Gasteiger charge is 2.31. The van der Waals surface area contributed by atoms with Crippen molar-refractivity contribution >= 4 is 17.7 Å². The van der Waals surface area contributed by atoms with Crippen LogP contribution in [0.15, 0.2) is 18.2 Å². The maximum atomic E-state index is 13.0. The molecule has 0 radical (unpaired) electrons. The molecule has 1 aromatic carbocycles. The van der Waals surface area contributed by atoms with Crippen LogP contribution in [0, 0.1) is 0 Å². The quantitative estimate of drug-likeness (QED) is 0.468. The highest BCUT2D eigenvalue weighted by atomic mass is 16.3. The average molecular weight is 447 g/mol. The van der Waals surface area contributed by atoms with Crippen molar-refractivity contribution in [3.8, 4) is 11.5 Å². The van der Waals surface area contributed by atoms with Gasteiger partial charge in [0.1, 0.15) is 17.5 Å². The molecule has 0 spiro atoms. The Morgan fingerprint density at radius 1 is 1.06 bits per heavy atom. The van der Waals surface area contributed by atoms with Gasteiger partial charge in [-0.05, 0) is 30.9 Å². The van der Waals surface area contributed by atoms with Crippen molar-refractivity contribution in [2.75, 3.05) is 26.2 Å². The summed E-state index contributed by atoms with van der Waals surface area (Å²) in [5.41, 5.74) is 5.84. The minimum Gasteiger partial charge on any atom is -0.508 e. The van der Waals surface area contributed by atoms with Crippen LogP contribution >= 0.6 is 0 Å². The molecule has 9 heteroatoms. The molecule has 32 heavy (non-hydrogen) atoms. The number of aromatic hydroxyl groups is 2. The Morgan fingerprint density at radius 2 is 1.75 bits per heavy atom. The molecular weight excluding hydrogens is 412 g/mol. The third-order valence-electron chi connectivity index (χ3n) is 6.45. The van der Waals surface area contributed by atoms with Crippen LogP contribution in [-0.4, -0.2) is 76.0 Å². The number of hydrogen-bond acceptors (Lipinski definition) is 6. The van der Waals surface area contributed by atoms with Gasteiger partial charge in [0, 0.05) is 44.7 Å². The number of phenols is 2. The van der Waals surface area contributed by atoms with Crippen LogP contribution in [0.4, 0.5) is 0 Å². The van der Waals surface area contributed by atoms with Crippen molar-refractivity contribution < 1.29 is 24.6 Å². The Bertz CT molecular complexity index is 817. The molecule has 1 aliphatic carbocycles. The first-order chi connectivity index (χ1) is 15.3. The lowest BCUT2D eigenvalue weighted by Gasteiger charge is -2.41. The van der Waals surface area contributed by atoms with Crippen molar-refractivity contribution in [1.29, 1.82) is 0 Å². The van der Waals surface area contributed by atoms with Gasteiger partial charge in [-0.3, -0.25) is 19.3 Å². The summed E-state index contributed by atoms with van der Waals surface area (Å²) in [4.78, 5) is 41.2. The molecule has 9 nitrogen and oxygen atoms in total. The number of amides is 3. The molecule has 1 heterocycles. The van der Waals surface area contributed by atoms with Gasteiger partial charge in [0.05, 0.1) is 6.42 Å². The van der Waals surface area contributed by atoms with Crippen LogP contribution in [0.1, 0.15) is 50.5 Å². The lowest BCUT2D eigenvalue weighted by molar-refractivity contribution is -0.140. The highest BCUT2D eigenvalue weighted by molar-refractivity contribution is 5.91. The van der Waals surface area contributed by atoms with Crippen LogP contribution in [0.5, 0.6) is 11.5 Å². The van der Waals surface area contributed by atoms with Crippen LogP contribution in [0.25, 0.3) is 0 Å². The molecular formula is C23H34N4O5. The number of rotatable bonds is 8. The van der Waals surface area contributed by atoms with Gasteiger partial charge in [-0.15, -0.1) is 0 Å². The van der Waals surface area contributed by atoms with Crippen LogP contribution in [0.2, 0.25) is 0 Å². The third-order valence-corrected chi connectivity index (χ3v) is 6.45. The van der Waals surface area contributed by atoms with E-state index in [2.05, 4.69) is 10.2 Å². The minimum atomic E-state index is -0.991. The molecule has 1 saturated heterocycles. The fourth-order valence-electron chi connectivity index (χ4n) is 4.65. The Labute approximate surface area is 188 Å². The smallest absolute Gasteiger partial charge is 0.245 e. The van der Waals surface area contributed by atoms with Crippen LogP contribution in [-0.2, 0) is 20.8 Å². The van der Waals surface area contributed by atoms with Crippen molar-refractivity contribution in [3.05, 3.63) is 23.8 Å². The number of nitrogens with one attached hydrogen (secondary N) is 1. The van der Waals surface area contributed by atoms with Crippen molar-refractivity contribution in [2.45, 2.75) is 63.5 Å². The van der Waals surface area contributed by atoms with Gasteiger partial charge >= 0.3 is 0 Å². The van der Waals surface area contributed by atoms with Crippen molar-refractivity contribution in [3.63, 3.8) is 0 Å². The van der Waals surface area contributed by atoms with Crippen molar-refractivity contribution in [2.24, 2.45) is 5.73 Å². The standard InChI is InChI=1S/C23H34N4O5/c24-21(30)15-19(25-22(31)9-7-16-6-8-18(28)14-20(16)29)23(32)27-12-10-26(11-13-27)17-4-2-1-3-5-17/h6,8,14,17,19,28-29H,1-5,7,9-13,15H2,(H2,24,30)(H,25,31)/t19-/m0/s1. The number of nitrogens with zero attached hydrogens (tertiary/aromatic N) is 2. The number of carbonyl (C=O) groups is 3. The molecule has 1 saturated carbocycles. The van der Waals surface area contributed by atoms with Crippen LogP contribution in [0.3, 0.4) is 0 Å². The van der Waals surface area contributed by atoms with E-state index in [9.17, 15) is 24.6 Å². The van der Waals surface area contributed by atoms with E-state index in [1.165, 1.54) is 50.3 Å².